The second kappa shape index (κ2) is 12.3. The summed E-state index contributed by atoms with van der Waals surface area (Å²) in [5.74, 6) is 0. The Hall–Kier alpha value is -2.52. The van der Waals surface area contributed by atoms with Gasteiger partial charge in [0.1, 0.15) is 6.61 Å². The number of rotatable bonds is 7. The van der Waals surface area contributed by atoms with E-state index in [-0.39, 0.29) is 47.1 Å². The first-order valence-corrected chi connectivity index (χ1v) is 12.4. The summed E-state index contributed by atoms with van der Waals surface area (Å²) in [4.78, 5) is 24.6. The van der Waals surface area contributed by atoms with Crippen LogP contribution < -0.4 is 34.9 Å². The summed E-state index contributed by atoms with van der Waals surface area (Å²) < 4.78 is 9.79. The molecule has 6 nitrogen and oxygen atoms in total. The molecular weight excluding hydrogens is 519 g/mol. The predicted molar refractivity (Wildman–Crippen MR) is 142 cm³/mol. The van der Waals surface area contributed by atoms with Crippen molar-refractivity contribution in [2.24, 2.45) is 0 Å². The van der Waals surface area contributed by atoms with Crippen LogP contribution in [0.25, 0.3) is 21.6 Å². The molecule has 37 heavy (non-hydrogen) atoms. The molecule has 2 N–H and O–H groups in total. The predicted octanol–water partition coefficient (Wildman–Crippen LogP) is 4.16. The Labute approximate surface area is 246 Å². The number of nitrogens with zero attached hydrogens (tertiary/aromatic N) is 1. The van der Waals surface area contributed by atoms with E-state index in [4.69, 9.17) is 16.3 Å². The van der Waals surface area contributed by atoms with Gasteiger partial charge in [-0.1, -0.05) is 96.7 Å². The standard InChI is InChI=1S/C28H22ClN2O3S.Na.H2O/c1-18-25(30-27(33)34-16-22-4-2-3-5-24(22)29)26(35-31-18)21-8-6-19(7-9-21)20-10-12-23(13-11-20)28(17-32)14-15-28;;/h2-13H,14-16H2,1H3,(H,30,33);;1H2/q-1;+1;/p-1. The molecule has 1 aromatic heterocycles. The molecule has 0 radical (unpaired) electrons. The maximum absolute atomic E-state index is 12.5. The minimum Gasteiger partial charge on any atom is -0.870 e. The van der Waals surface area contributed by atoms with Crippen molar-refractivity contribution in [2.45, 2.75) is 31.8 Å². The molecule has 0 spiro atoms. The van der Waals surface area contributed by atoms with E-state index in [0.29, 0.717) is 10.7 Å². The summed E-state index contributed by atoms with van der Waals surface area (Å²) in [5.41, 5.74) is 5.83. The van der Waals surface area contributed by atoms with Crippen molar-refractivity contribution in [2.75, 3.05) is 5.32 Å². The van der Waals surface area contributed by atoms with E-state index in [1.165, 1.54) is 11.5 Å². The van der Waals surface area contributed by atoms with Crippen LogP contribution in [0, 0.1) is 6.92 Å². The van der Waals surface area contributed by atoms with Crippen LogP contribution in [0.2, 0.25) is 5.02 Å². The second-order valence-electron chi connectivity index (χ2n) is 8.60. The molecule has 1 amide bonds. The van der Waals surface area contributed by atoms with Crippen molar-refractivity contribution in [1.82, 2.24) is 4.37 Å². The van der Waals surface area contributed by atoms with E-state index >= 15 is 0 Å². The van der Waals surface area contributed by atoms with Crippen LogP contribution in [0.5, 0.6) is 0 Å². The summed E-state index contributed by atoms with van der Waals surface area (Å²) in [5, 5.41) is 3.39. The topological polar surface area (TPSA) is 98.3 Å². The maximum atomic E-state index is 12.5. The van der Waals surface area contributed by atoms with Crippen molar-refractivity contribution >= 4 is 41.2 Å². The number of carbonyl (C=O) groups excluding carboxylic acids is 2. The van der Waals surface area contributed by atoms with E-state index < -0.39 is 6.09 Å². The zero-order valence-corrected chi connectivity index (χ0v) is 24.0. The van der Waals surface area contributed by atoms with Crippen molar-refractivity contribution in [3.05, 3.63) is 94.6 Å². The molecule has 9 heteroatoms. The fraction of sp³-hybridized carbons (Fsp3) is 0.179. The third kappa shape index (κ3) is 6.32. The summed E-state index contributed by atoms with van der Waals surface area (Å²) in [6.45, 7) is 1.93. The van der Waals surface area contributed by atoms with Crippen molar-refractivity contribution in [1.29, 1.82) is 0 Å². The third-order valence-corrected chi connectivity index (χ3v) is 7.63. The molecule has 3 aromatic carbocycles. The number of ether oxygens (including phenoxy) is 1. The molecule has 1 fully saturated rings. The number of anilines is 1. The smallest absolute Gasteiger partial charge is 0.870 e. The Morgan fingerprint density at radius 3 is 2.22 bits per heavy atom. The molecule has 0 atom stereocenters. The Balaban J connectivity index is 0.00000190. The third-order valence-electron chi connectivity index (χ3n) is 6.27. The van der Waals surface area contributed by atoms with Crippen LogP contribution in [-0.2, 0) is 21.6 Å². The van der Waals surface area contributed by atoms with Crippen LogP contribution in [0.3, 0.4) is 0 Å². The van der Waals surface area contributed by atoms with Gasteiger partial charge in [0.05, 0.1) is 16.3 Å². The molecule has 1 aliphatic carbocycles. The molecule has 1 heterocycles. The number of halogens is 1. The molecule has 4 aromatic rings. The van der Waals surface area contributed by atoms with Crippen LogP contribution in [0.15, 0.2) is 72.8 Å². The largest absolute Gasteiger partial charge is 1.00 e. The average Bonchev–Trinajstić information content (AvgIpc) is 3.62. The number of aromatic nitrogens is 1. The minimum atomic E-state index is -0.563. The van der Waals surface area contributed by atoms with Gasteiger partial charge in [0, 0.05) is 10.6 Å². The zero-order chi connectivity index (χ0) is 24.4. The van der Waals surface area contributed by atoms with Gasteiger partial charge in [-0.2, -0.15) is 4.37 Å². The molecular formula is C28H23ClN2NaO4S-. The SMILES string of the molecule is Cc1nsc(-c2ccc(-c3ccc(C4([C-]=O)CC4)cc3)cc2)c1NC(=O)OCc1ccccc1Cl.[Na+].[OH-]. The Kier molecular flexibility index (Phi) is 9.69. The number of amides is 1. The summed E-state index contributed by atoms with van der Waals surface area (Å²) >= 11 is 7.47. The number of benzene rings is 3. The molecule has 1 aliphatic rings. The van der Waals surface area contributed by atoms with Gasteiger partial charge in [0.2, 0.25) is 0 Å². The van der Waals surface area contributed by atoms with Gasteiger partial charge in [0.15, 0.2) is 0 Å². The molecule has 184 valence electrons. The van der Waals surface area contributed by atoms with Crippen LogP contribution in [0.1, 0.15) is 29.7 Å². The first-order valence-electron chi connectivity index (χ1n) is 11.2. The van der Waals surface area contributed by atoms with Gasteiger partial charge in [-0.3, -0.25) is 11.6 Å². The summed E-state index contributed by atoms with van der Waals surface area (Å²) in [6.07, 6.45) is 3.39. The summed E-state index contributed by atoms with van der Waals surface area (Å²) in [7, 11) is 0. The normalized spacial score (nSPS) is 13.0. The number of hydrogen-bond donors (Lipinski definition) is 1. The van der Waals surface area contributed by atoms with Crippen LogP contribution >= 0.6 is 23.1 Å². The number of carbonyl (C=O) groups is 1. The summed E-state index contributed by atoms with van der Waals surface area (Å²) in [6, 6.07) is 23.5. The minimum absolute atomic E-state index is 0. The fourth-order valence-corrected chi connectivity index (χ4v) is 5.02. The Bertz CT molecular complexity index is 1390. The van der Waals surface area contributed by atoms with E-state index in [0.717, 1.165) is 51.2 Å². The van der Waals surface area contributed by atoms with Crippen LogP contribution in [0.4, 0.5) is 10.5 Å². The first-order chi connectivity index (χ1) is 17.0. The van der Waals surface area contributed by atoms with Crippen molar-refractivity contribution < 1.29 is 49.4 Å². The molecule has 5 rings (SSSR count). The van der Waals surface area contributed by atoms with Crippen molar-refractivity contribution in [3.8, 4) is 21.6 Å². The molecule has 0 saturated heterocycles. The monoisotopic (exact) mass is 541 g/mol. The molecule has 1 saturated carbocycles. The van der Waals surface area contributed by atoms with Gasteiger partial charge in [0.25, 0.3) is 0 Å². The van der Waals surface area contributed by atoms with Crippen LogP contribution in [-0.4, -0.2) is 22.2 Å². The van der Waals surface area contributed by atoms with Gasteiger partial charge < -0.3 is 15.0 Å². The molecule has 0 unspecified atom stereocenters. The Morgan fingerprint density at radius 1 is 1.03 bits per heavy atom. The Morgan fingerprint density at radius 2 is 1.62 bits per heavy atom. The van der Waals surface area contributed by atoms with Gasteiger partial charge in [-0.05, 0) is 41.2 Å². The maximum Gasteiger partial charge on any atom is 1.00 e. The second-order valence-corrected chi connectivity index (χ2v) is 9.78. The van der Waals surface area contributed by atoms with E-state index in [2.05, 4.69) is 16.0 Å². The number of nitrogens with one attached hydrogen (secondary N) is 1. The average molecular weight is 542 g/mol. The number of hydrogen-bond acceptors (Lipinski definition) is 6. The van der Waals surface area contributed by atoms with E-state index in [1.807, 2.05) is 73.7 Å². The molecule has 0 aliphatic heterocycles. The zero-order valence-electron chi connectivity index (χ0n) is 20.5. The van der Waals surface area contributed by atoms with Crippen molar-refractivity contribution in [3.63, 3.8) is 0 Å². The van der Waals surface area contributed by atoms with E-state index in [1.54, 1.807) is 6.07 Å². The van der Waals surface area contributed by atoms with Gasteiger partial charge in [-0.15, -0.1) is 5.41 Å². The first kappa shape index (κ1) is 29.0. The van der Waals surface area contributed by atoms with E-state index in [9.17, 15) is 9.59 Å². The fourth-order valence-electron chi connectivity index (χ4n) is 3.98. The number of aryl methyl sites for hydroxylation is 1. The van der Waals surface area contributed by atoms with Gasteiger partial charge in [-0.25, -0.2) is 4.79 Å². The van der Waals surface area contributed by atoms with Gasteiger partial charge >= 0.3 is 35.7 Å². The quantitative estimate of drug-likeness (QED) is 0.280. The molecule has 0 bridgehead atoms.